The molecule has 1 unspecified atom stereocenters. The molecule has 2 nitrogen and oxygen atoms in total. The number of hydrogen-bond acceptors (Lipinski definition) is 2. The second-order valence-electron chi connectivity index (χ2n) is 2.00. The number of rotatable bonds is 2. The summed E-state index contributed by atoms with van der Waals surface area (Å²) in [4.78, 5) is 3.78. The van der Waals surface area contributed by atoms with Crippen LogP contribution in [0.15, 0.2) is 30.3 Å². The molecule has 0 bridgehead atoms. The van der Waals surface area contributed by atoms with Crippen LogP contribution < -0.4 is 5.26 Å². The van der Waals surface area contributed by atoms with Crippen molar-refractivity contribution in [2.24, 2.45) is 0 Å². The van der Waals surface area contributed by atoms with E-state index in [-0.39, 0.29) is 35.3 Å². The molecule has 0 N–H and O–H groups in total. The third kappa shape index (κ3) is 4.30. The van der Waals surface area contributed by atoms with Crippen molar-refractivity contribution in [3.05, 3.63) is 42.8 Å². The maximum Gasteiger partial charge on any atom is 2.00 e. The first kappa shape index (κ1) is 14.7. The minimum absolute atomic E-state index is 0. The predicted molar refractivity (Wildman–Crippen MR) is 35.6 cm³/mol. The Morgan fingerprint density at radius 3 is 2.17 bits per heavy atom. The molecule has 0 aliphatic rings. The third-order valence-electron chi connectivity index (χ3n) is 1.29. The Morgan fingerprint density at radius 2 is 1.75 bits per heavy atom. The molecule has 12 heavy (non-hydrogen) atoms. The van der Waals surface area contributed by atoms with E-state index in [2.05, 4.69) is 11.8 Å². The Hall–Kier alpha value is 0.231. The SMILES string of the molecule is [CH2-]C(O[O-])c1ccccc1.[Co].[V+2]. The van der Waals surface area contributed by atoms with Gasteiger partial charge in [-0.15, -0.1) is 0 Å². The van der Waals surface area contributed by atoms with Crippen molar-refractivity contribution in [3.63, 3.8) is 0 Å². The molecule has 0 spiro atoms. The van der Waals surface area contributed by atoms with Gasteiger partial charge in [-0.25, -0.2) is 0 Å². The fraction of sp³-hybridized carbons (Fsp3) is 0.125. The van der Waals surface area contributed by atoms with E-state index in [0.717, 1.165) is 5.56 Å². The summed E-state index contributed by atoms with van der Waals surface area (Å²) in [6.07, 6.45) is -0.596. The quantitative estimate of drug-likeness (QED) is 0.440. The number of benzene rings is 1. The molecule has 2 radical (unpaired) electrons. The first-order chi connectivity index (χ1) is 4.84. The number of hydrogen-bond donors (Lipinski definition) is 0. The second kappa shape index (κ2) is 7.86. The molecule has 0 aromatic heterocycles. The molecule has 0 saturated heterocycles. The molecule has 0 aliphatic heterocycles. The third-order valence-corrected chi connectivity index (χ3v) is 1.29. The van der Waals surface area contributed by atoms with Gasteiger partial charge >= 0.3 is 18.6 Å². The largest absolute Gasteiger partial charge is 2.00 e. The van der Waals surface area contributed by atoms with Crippen LogP contribution in [0.4, 0.5) is 0 Å². The first-order valence-corrected chi connectivity index (χ1v) is 3.01. The van der Waals surface area contributed by atoms with Gasteiger partial charge in [-0.2, -0.15) is 0 Å². The van der Waals surface area contributed by atoms with Crippen molar-refractivity contribution >= 4 is 0 Å². The summed E-state index contributed by atoms with van der Waals surface area (Å²) in [5.74, 6) is 0. The van der Waals surface area contributed by atoms with Gasteiger partial charge in [-0.1, -0.05) is 42.0 Å². The Kier molecular flexibility index (Phi) is 9.65. The second-order valence-corrected chi connectivity index (χ2v) is 2.00. The van der Waals surface area contributed by atoms with Crippen molar-refractivity contribution in [2.45, 2.75) is 6.10 Å². The van der Waals surface area contributed by atoms with Crippen molar-refractivity contribution in [2.75, 3.05) is 0 Å². The van der Waals surface area contributed by atoms with Crippen LogP contribution in [-0.2, 0) is 40.2 Å². The van der Waals surface area contributed by atoms with Gasteiger partial charge in [0, 0.05) is 16.8 Å². The van der Waals surface area contributed by atoms with E-state index in [0.29, 0.717) is 0 Å². The van der Waals surface area contributed by atoms with Crippen LogP contribution in [0, 0.1) is 6.92 Å². The van der Waals surface area contributed by atoms with Crippen molar-refractivity contribution in [1.29, 1.82) is 0 Å². The predicted octanol–water partition coefficient (Wildman–Crippen LogP) is 0.849. The molecule has 0 amide bonds. The molecule has 1 aromatic rings. The maximum atomic E-state index is 9.87. The van der Waals surface area contributed by atoms with Crippen LogP contribution in [-0.4, -0.2) is 0 Å². The van der Waals surface area contributed by atoms with Crippen LogP contribution in [0.5, 0.6) is 0 Å². The normalized spacial score (nSPS) is 10.8. The molecule has 0 heterocycles. The zero-order chi connectivity index (χ0) is 7.40. The molecule has 1 rings (SSSR count). The van der Waals surface area contributed by atoms with E-state index in [1.54, 1.807) is 12.1 Å². The Bertz CT molecular complexity index is 194. The molecular formula is C8H8CoO2V. The van der Waals surface area contributed by atoms with Crippen molar-refractivity contribution in [1.82, 2.24) is 0 Å². The van der Waals surface area contributed by atoms with E-state index >= 15 is 0 Å². The van der Waals surface area contributed by atoms with E-state index < -0.39 is 6.10 Å². The van der Waals surface area contributed by atoms with E-state index in [1.165, 1.54) is 0 Å². The summed E-state index contributed by atoms with van der Waals surface area (Å²) in [6, 6.07) is 9.16. The summed E-state index contributed by atoms with van der Waals surface area (Å²) in [5.41, 5.74) is 0.803. The minimum atomic E-state index is -0.596. The molecule has 4 heteroatoms. The van der Waals surface area contributed by atoms with E-state index in [1.807, 2.05) is 18.2 Å². The summed E-state index contributed by atoms with van der Waals surface area (Å²) in [7, 11) is 0. The van der Waals surface area contributed by atoms with Gasteiger partial charge in [-0.3, -0.25) is 0 Å². The fourth-order valence-electron chi connectivity index (χ4n) is 0.723. The molecular weight excluding hydrogens is 238 g/mol. The van der Waals surface area contributed by atoms with Crippen LogP contribution in [0.1, 0.15) is 11.7 Å². The van der Waals surface area contributed by atoms with Crippen molar-refractivity contribution in [3.8, 4) is 0 Å². The van der Waals surface area contributed by atoms with Crippen molar-refractivity contribution < 1.29 is 45.5 Å². The van der Waals surface area contributed by atoms with Crippen LogP contribution in [0.2, 0.25) is 0 Å². The summed E-state index contributed by atoms with van der Waals surface area (Å²) < 4.78 is 0. The molecule has 0 aliphatic carbocycles. The molecule has 0 fully saturated rings. The zero-order valence-electron chi connectivity index (χ0n) is 6.27. The Morgan fingerprint density at radius 1 is 1.25 bits per heavy atom. The molecule has 0 saturated carbocycles. The van der Waals surface area contributed by atoms with Gasteiger partial charge in [0.15, 0.2) is 0 Å². The average molecular weight is 246 g/mol. The minimum Gasteiger partial charge on any atom is -0.726 e. The average Bonchev–Trinajstić information content (AvgIpc) is 2.05. The smallest absolute Gasteiger partial charge is 0.726 e. The summed E-state index contributed by atoms with van der Waals surface area (Å²) in [6.45, 7) is 3.49. The molecule has 66 valence electrons. The summed E-state index contributed by atoms with van der Waals surface area (Å²) in [5, 5.41) is 9.87. The van der Waals surface area contributed by atoms with Crippen LogP contribution in [0.25, 0.3) is 0 Å². The summed E-state index contributed by atoms with van der Waals surface area (Å²) >= 11 is 0. The van der Waals surface area contributed by atoms with E-state index in [4.69, 9.17) is 0 Å². The monoisotopic (exact) mass is 246 g/mol. The topological polar surface area (TPSA) is 32.3 Å². The van der Waals surface area contributed by atoms with Gasteiger partial charge in [0.2, 0.25) is 0 Å². The van der Waals surface area contributed by atoms with E-state index in [9.17, 15) is 5.26 Å². The standard InChI is InChI=1S/C8H9O2.Co.V/c1-7(10-9)8-5-3-2-4-6-8;;/h2-7,9H,1H2;;/q-1;;+2/p-1. The van der Waals surface area contributed by atoms with Gasteiger partial charge in [0.1, 0.15) is 0 Å². The Labute approximate surface area is 94.3 Å². The molecule has 1 aromatic carbocycles. The van der Waals surface area contributed by atoms with Gasteiger partial charge in [0.25, 0.3) is 0 Å². The van der Waals surface area contributed by atoms with Crippen LogP contribution >= 0.6 is 0 Å². The maximum absolute atomic E-state index is 9.87. The Balaban J connectivity index is 0. The van der Waals surface area contributed by atoms with Gasteiger partial charge in [0.05, 0.1) is 0 Å². The molecule has 1 atom stereocenters. The first-order valence-electron chi connectivity index (χ1n) is 3.01. The van der Waals surface area contributed by atoms with Crippen LogP contribution in [0.3, 0.4) is 0 Å². The fourth-order valence-corrected chi connectivity index (χ4v) is 0.723. The van der Waals surface area contributed by atoms with Gasteiger partial charge < -0.3 is 17.1 Å². The van der Waals surface area contributed by atoms with Gasteiger partial charge in [-0.05, 0) is 0 Å². The zero-order valence-corrected chi connectivity index (χ0v) is 8.71.